The van der Waals surface area contributed by atoms with Crippen molar-refractivity contribution < 1.29 is 13.9 Å². The van der Waals surface area contributed by atoms with Crippen LogP contribution in [-0.2, 0) is 0 Å². The third kappa shape index (κ3) is 3.96. The fraction of sp³-hybridized carbons (Fsp3) is 0.320. The second-order valence-electron chi connectivity index (χ2n) is 8.27. The zero-order valence-electron chi connectivity index (χ0n) is 18.1. The molecule has 0 atom stereocenters. The van der Waals surface area contributed by atoms with Gasteiger partial charge < -0.3 is 25.4 Å². The fourth-order valence-electron chi connectivity index (χ4n) is 4.48. The highest BCUT2D eigenvalue weighted by molar-refractivity contribution is 5.91. The highest BCUT2D eigenvalue weighted by atomic mass is 19.1. The first-order valence-electron chi connectivity index (χ1n) is 11.0. The molecule has 5 rings (SSSR count). The van der Waals surface area contributed by atoms with Gasteiger partial charge >= 0.3 is 0 Å². The third-order valence-corrected chi connectivity index (χ3v) is 6.16. The lowest BCUT2D eigenvalue weighted by Gasteiger charge is -2.35. The lowest BCUT2D eigenvalue weighted by atomic mass is 9.95. The molecule has 6 nitrogen and oxygen atoms in total. The van der Waals surface area contributed by atoms with Gasteiger partial charge in [-0.2, -0.15) is 0 Å². The van der Waals surface area contributed by atoms with E-state index in [2.05, 4.69) is 27.3 Å². The van der Waals surface area contributed by atoms with Crippen molar-refractivity contribution in [3.63, 3.8) is 0 Å². The minimum Gasteiger partial charge on any atom is -0.497 e. The van der Waals surface area contributed by atoms with Gasteiger partial charge in [-0.3, -0.25) is 4.98 Å². The molecule has 3 N–H and O–H groups in total. The van der Waals surface area contributed by atoms with Crippen LogP contribution >= 0.6 is 0 Å². The third-order valence-electron chi connectivity index (χ3n) is 6.16. The summed E-state index contributed by atoms with van der Waals surface area (Å²) in [7, 11) is 1.54. The van der Waals surface area contributed by atoms with Gasteiger partial charge in [0.05, 0.1) is 18.5 Å². The number of anilines is 2. The number of hydrogen-bond acceptors (Lipinski definition) is 6. The highest BCUT2D eigenvalue weighted by Gasteiger charge is 2.24. The Hall–Kier alpha value is -3.32. The minimum atomic E-state index is -0.341. The van der Waals surface area contributed by atoms with Crippen molar-refractivity contribution in [2.75, 3.05) is 43.6 Å². The van der Waals surface area contributed by atoms with Crippen LogP contribution in [0.15, 0.2) is 48.8 Å². The number of nitrogens with two attached hydrogens (primary N) is 1. The molecule has 0 bridgehead atoms. The van der Waals surface area contributed by atoms with Crippen LogP contribution in [0.4, 0.5) is 15.8 Å². The van der Waals surface area contributed by atoms with E-state index in [1.807, 2.05) is 18.3 Å². The number of nitrogens with one attached hydrogen (secondary N) is 1. The molecular formula is C25H27FN4O2. The molecule has 1 saturated heterocycles. The normalized spacial score (nSPS) is 16.2. The van der Waals surface area contributed by atoms with Gasteiger partial charge in [0.15, 0.2) is 0 Å². The van der Waals surface area contributed by atoms with Crippen molar-refractivity contribution in [2.24, 2.45) is 5.73 Å². The maximum atomic E-state index is 14.4. The highest BCUT2D eigenvalue weighted by Crippen LogP contribution is 2.42. The first-order valence-corrected chi connectivity index (χ1v) is 11.0. The number of fused-ring (bicyclic) bond motifs is 1. The number of pyridine rings is 1. The monoisotopic (exact) mass is 434 g/mol. The first kappa shape index (κ1) is 20.6. The van der Waals surface area contributed by atoms with Gasteiger partial charge in [0.2, 0.25) is 0 Å². The van der Waals surface area contributed by atoms with E-state index >= 15 is 0 Å². The van der Waals surface area contributed by atoms with E-state index in [0.717, 1.165) is 71.9 Å². The van der Waals surface area contributed by atoms with Crippen LogP contribution in [0.5, 0.6) is 11.5 Å². The topological polar surface area (TPSA) is 72.6 Å². The number of aromatic nitrogens is 1. The summed E-state index contributed by atoms with van der Waals surface area (Å²) < 4.78 is 25.5. The summed E-state index contributed by atoms with van der Waals surface area (Å²) in [5, 5.41) is 3.40. The molecule has 0 aliphatic carbocycles. The summed E-state index contributed by atoms with van der Waals surface area (Å²) >= 11 is 0. The first-order chi connectivity index (χ1) is 15.6. The Morgan fingerprint density at radius 3 is 2.66 bits per heavy atom. The van der Waals surface area contributed by atoms with E-state index in [4.69, 9.17) is 15.2 Å². The molecule has 166 valence electrons. The fourth-order valence-corrected chi connectivity index (χ4v) is 4.48. The van der Waals surface area contributed by atoms with Crippen molar-refractivity contribution in [1.82, 2.24) is 4.98 Å². The molecule has 0 unspecified atom stereocenters. The van der Waals surface area contributed by atoms with E-state index in [1.165, 1.54) is 12.1 Å². The average Bonchev–Trinajstić information content (AvgIpc) is 2.83. The Bertz CT molecular complexity index is 1130. The number of nitrogens with zero attached hydrogens (tertiary/aromatic N) is 2. The summed E-state index contributed by atoms with van der Waals surface area (Å²) in [6, 6.07) is 11.1. The molecule has 0 spiro atoms. The number of hydrogen-bond donors (Lipinski definition) is 2. The number of ether oxygens (including phenoxy) is 2. The summed E-state index contributed by atoms with van der Waals surface area (Å²) in [5.74, 6) is 0.989. The quantitative estimate of drug-likeness (QED) is 0.638. The molecule has 1 aromatic heterocycles. The summed E-state index contributed by atoms with van der Waals surface area (Å²) in [6.45, 7) is 3.10. The molecule has 0 amide bonds. The van der Waals surface area contributed by atoms with Gasteiger partial charge in [-0.1, -0.05) is 6.07 Å². The number of methoxy groups -OCH3 is 1. The second-order valence-corrected chi connectivity index (χ2v) is 8.27. The molecule has 3 aromatic rings. The number of piperidine rings is 1. The SMILES string of the molecule is COc1cc(F)cc(-c2cncc(-c3ccc4c(c3)NCCO4)c2N2CCC(N)CC2)c1. The molecule has 2 aliphatic rings. The molecular weight excluding hydrogens is 407 g/mol. The van der Waals surface area contributed by atoms with Gasteiger partial charge in [-0.05, 0) is 48.2 Å². The van der Waals surface area contributed by atoms with Crippen LogP contribution in [0.3, 0.4) is 0 Å². The Morgan fingerprint density at radius 1 is 1.09 bits per heavy atom. The van der Waals surface area contributed by atoms with Crippen LogP contribution in [0.25, 0.3) is 22.3 Å². The van der Waals surface area contributed by atoms with Gasteiger partial charge in [0, 0.05) is 55.3 Å². The maximum absolute atomic E-state index is 14.4. The van der Waals surface area contributed by atoms with Crippen molar-refractivity contribution in [2.45, 2.75) is 18.9 Å². The largest absolute Gasteiger partial charge is 0.497 e. The molecule has 2 aromatic carbocycles. The van der Waals surface area contributed by atoms with Crippen LogP contribution in [0.1, 0.15) is 12.8 Å². The zero-order valence-corrected chi connectivity index (χ0v) is 18.1. The van der Waals surface area contributed by atoms with E-state index in [9.17, 15) is 4.39 Å². The Balaban J connectivity index is 1.67. The van der Waals surface area contributed by atoms with Crippen LogP contribution < -0.4 is 25.4 Å². The van der Waals surface area contributed by atoms with E-state index < -0.39 is 0 Å². The van der Waals surface area contributed by atoms with E-state index in [0.29, 0.717) is 12.4 Å². The van der Waals surface area contributed by atoms with Crippen LogP contribution in [-0.4, -0.2) is 44.4 Å². The molecule has 7 heteroatoms. The van der Waals surface area contributed by atoms with E-state index in [1.54, 1.807) is 13.3 Å². The van der Waals surface area contributed by atoms with Crippen LogP contribution in [0, 0.1) is 5.82 Å². The van der Waals surface area contributed by atoms with Crippen LogP contribution in [0.2, 0.25) is 0 Å². The molecule has 1 fully saturated rings. The number of rotatable bonds is 4. The average molecular weight is 435 g/mol. The van der Waals surface area contributed by atoms with E-state index in [-0.39, 0.29) is 11.9 Å². The van der Waals surface area contributed by atoms with Crippen molar-refractivity contribution in [3.8, 4) is 33.8 Å². The summed E-state index contributed by atoms with van der Waals surface area (Å²) in [6.07, 6.45) is 5.51. The van der Waals surface area contributed by atoms with Gasteiger partial charge in [-0.15, -0.1) is 0 Å². The molecule has 2 aliphatic heterocycles. The Morgan fingerprint density at radius 2 is 1.88 bits per heavy atom. The van der Waals surface area contributed by atoms with Crippen molar-refractivity contribution in [1.29, 1.82) is 0 Å². The van der Waals surface area contributed by atoms with Gasteiger partial charge in [0.1, 0.15) is 23.9 Å². The predicted octanol–water partition coefficient (Wildman–Crippen LogP) is 4.30. The maximum Gasteiger partial charge on any atom is 0.142 e. The molecule has 32 heavy (non-hydrogen) atoms. The van der Waals surface area contributed by atoms with Gasteiger partial charge in [0.25, 0.3) is 0 Å². The molecule has 0 radical (unpaired) electrons. The standard InChI is InChI=1S/C25H27FN4O2/c1-31-20-11-17(10-18(26)13-20)22-15-28-14-21(25(22)30-7-4-19(27)5-8-30)16-2-3-24-23(12-16)29-6-9-32-24/h2-3,10-15,19,29H,4-9,27H2,1H3. The second kappa shape index (κ2) is 8.67. The smallest absolute Gasteiger partial charge is 0.142 e. The minimum absolute atomic E-state index is 0.208. The lowest BCUT2D eigenvalue weighted by Crippen LogP contribution is -2.40. The van der Waals surface area contributed by atoms with Crippen molar-refractivity contribution in [3.05, 3.63) is 54.6 Å². The zero-order chi connectivity index (χ0) is 22.1. The summed E-state index contributed by atoms with van der Waals surface area (Å²) in [5.41, 5.74) is 11.8. The molecule has 3 heterocycles. The number of benzene rings is 2. The van der Waals surface area contributed by atoms with Crippen molar-refractivity contribution >= 4 is 11.4 Å². The summed E-state index contributed by atoms with van der Waals surface area (Å²) in [4.78, 5) is 6.88. The number of halogens is 1. The lowest BCUT2D eigenvalue weighted by molar-refractivity contribution is 0.323. The Kier molecular flexibility index (Phi) is 5.57. The molecule has 0 saturated carbocycles. The predicted molar refractivity (Wildman–Crippen MR) is 125 cm³/mol. The Labute approximate surface area is 187 Å². The van der Waals surface area contributed by atoms with Gasteiger partial charge in [-0.25, -0.2) is 4.39 Å².